The number of anilines is 1. The van der Waals surface area contributed by atoms with Crippen LogP contribution in [0.5, 0.6) is 0 Å². The quantitative estimate of drug-likeness (QED) is 0.902. The average Bonchev–Trinajstić information content (AvgIpc) is 2.32. The molecule has 88 valence electrons. The fourth-order valence-electron chi connectivity index (χ4n) is 2.15. The number of nitrogens with one attached hydrogen (secondary N) is 1. The van der Waals surface area contributed by atoms with Gasteiger partial charge in [0.2, 0.25) is 0 Å². The predicted octanol–water partition coefficient (Wildman–Crippen LogP) is 3.29. The zero-order chi connectivity index (χ0) is 11.5. The smallest absolute Gasteiger partial charge is 0.0528 e. The van der Waals surface area contributed by atoms with E-state index in [0.29, 0.717) is 6.04 Å². The lowest BCUT2D eigenvalue weighted by Crippen LogP contribution is -2.51. The van der Waals surface area contributed by atoms with Crippen molar-refractivity contribution in [1.29, 1.82) is 0 Å². The first-order valence-electron chi connectivity index (χ1n) is 5.64. The minimum Gasteiger partial charge on any atom is -0.365 e. The van der Waals surface area contributed by atoms with Crippen LogP contribution in [0.3, 0.4) is 0 Å². The van der Waals surface area contributed by atoms with Gasteiger partial charge >= 0.3 is 0 Å². The summed E-state index contributed by atoms with van der Waals surface area (Å²) in [4.78, 5) is 2.44. The molecule has 1 atom stereocenters. The third kappa shape index (κ3) is 2.53. The van der Waals surface area contributed by atoms with Gasteiger partial charge in [0.15, 0.2) is 0 Å². The molecule has 1 heterocycles. The molecule has 0 radical (unpaired) electrons. The van der Waals surface area contributed by atoms with Gasteiger partial charge in [-0.05, 0) is 40.5 Å². The summed E-state index contributed by atoms with van der Waals surface area (Å²) < 4.78 is 1.12. The first-order valence-corrected chi connectivity index (χ1v) is 6.82. The van der Waals surface area contributed by atoms with E-state index in [1.165, 1.54) is 5.69 Å². The van der Waals surface area contributed by atoms with Gasteiger partial charge in [-0.2, -0.15) is 0 Å². The fraction of sp³-hybridized carbons (Fsp3) is 0.500. The molecule has 1 aliphatic heterocycles. The molecule has 0 aromatic heterocycles. The maximum absolute atomic E-state index is 6.06. The van der Waals surface area contributed by atoms with Gasteiger partial charge in [0.1, 0.15) is 0 Å². The van der Waals surface area contributed by atoms with Crippen LogP contribution in [0.4, 0.5) is 5.69 Å². The Kier molecular flexibility index (Phi) is 4.11. The first-order chi connectivity index (χ1) is 7.72. The molecule has 1 aromatic carbocycles. The molecule has 2 nitrogen and oxygen atoms in total. The highest BCUT2D eigenvalue weighted by atomic mass is 79.9. The molecule has 1 aliphatic rings. The van der Waals surface area contributed by atoms with Crippen molar-refractivity contribution in [3.63, 3.8) is 0 Å². The molecule has 0 amide bonds. The van der Waals surface area contributed by atoms with Crippen LogP contribution in [0.1, 0.15) is 13.3 Å². The summed E-state index contributed by atoms with van der Waals surface area (Å²) in [5, 5.41) is 4.23. The van der Waals surface area contributed by atoms with Gasteiger partial charge in [-0.1, -0.05) is 18.5 Å². The summed E-state index contributed by atoms with van der Waals surface area (Å²) >= 11 is 9.67. The van der Waals surface area contributed by atoms with Crippen molar-refractivity contribution in [3.05, 3.63) is 27.7 Å². The average molecular weight is 304 g/mol. The van der Waals surface area contributed by atoms with Gasteiger partial charge in [-0.15, -0.1) is 0 Å². The number of nitrogens with zero attached hydrogens (tertiary/aromatic N) is 1. The predicted molar refractivity (Wildman–Crippen MR) is 73.4 cm³/mol. The second-order valence-corrected chi connectivity index (χ2v) is 5.35. The molecule has 1 aromatic rings. The first kappa shape index (κ1) is 12.2. The van der Waals surface area contributed by atoms with Gasteiger partial charge in [0.25, 0.3) is 0 Å². The van der Waals surface area contributed by atoms with Crippen molar-refractivity contribution in [2.45, 2.75) is 19.4 Å². The van der Waals surface area contributed by atoms with Crippen molar-refractivity contribution in [3.8, 4) is 0 Å². The molecule has 4 heteroatoms. The molecule has 1 saturated heterocycles. The Morgan fingerprint density at radius 2 is 2.38 bits per heavy atom. The van der Waals surface area contributed by atoms with Gasteiger partial charge < -0.3 is 10.2 Å². The lowest BCUT2D eigenvalue weighted by Gasteiger charge is -2.38. The van der Waals surface area contributed by atoms with E-state index >= 15 is 0 Å². The molecule has 1 unspecified atom stereocenters. The van der Waals surface area contributed by atoms with E-state index in [9.17, 15) is 0 Å². The van der Waals surface area contributed by atoms with E-state index in [2.05, 4.69) is 33.1 Å². The maximum atomic E-state index is 6.06. The molecule has 2 rings (SSSR count). The zero-order valence-electron chi connectivity index (χ0n) is 9.34. The van der Waals surface area contributed by atoms with Crippen molar-refractivity contribution < 1.29 is 0 Å². The highest BCUT2D eigenvalue weighted by molar-refractivity contribution is 9.10. The van der Waals surface area contributed by atoms with Gasteiger partial charge in [0, 0.05) is 35.2 Å². The second-order valence-electron chi connectivity index (χ2n) is 4.06. The largest absolute Gasteiger partial charge is 0.365 e. The van der Waals surface area contributed by atoms with Crippen molar-refractivity contribution in [2.24, 2.45) is 0 Å². The van der Waals surface area contributed by atoms with E-state index in [1.54, 1.807) is 0 Å². The van der Waals surface area contributed by atoms with Crippen molar-refractivity contribution in [2.75, 3.05) is 24.5 Å². The molecule has 0 saturated carbocycles. The highest BCUT2D eigenvalue weighted by Gasteiger charge is 2.22. The van der Waals surface area contributed by atoms with Crippen LogP contribution in [0, 0.1) is 0 Å². The van der Waals surface area contributed by atoms with Crippen LogP contribution in [0.2, 0.25) is 5.02 Å². The summed E-state index contributed by atoms with van der Waals surface area (Å²) in [5.41, 5.74) is 1.21. The number of hydrogen-bond donors (Lipinski definition) is 1. The molecule has 0 bridgehead atoms. The van der Waals surface area contributed by atoms with Crippen LogP contribution in [0.15, 0.2) is 22.7 Å². The van der Waals surface area contributed by atoms with E-state index in [0.717, 1.165) is 35.6 Å². The Hall–Kier alpha value is -0.250. The molecule has 0 aliphatic carbocycles. The Bertz CT molecular complexity index is 370. The number of halogens is 2. The Balaban J connectivity index is 2.30. The summed E-state index contributed by atoms with van der Waals surface area (Å²) in [6.07, 6.45) is 1.14. The number of piperazine rings is 1. The number of hydrogen-bond acceptors (Lipinski definition) is 2. The minimum absolute atomic E-state index is 0.559. The minimum atomic E-state index is 0.559. The topological polar surface area (TPSA) is 15.3 Å². The summed E-state index contributed by atoms with van der Waals surface area (Å²) in [6, 6.07) is 6.54. The van der Waals surface area contributed by atoms with Crippen molar-refractivity contribution in [1.82, 2.24) is 5.32 Å². The van der Waals surface area contributed by atoms with Crippen LogP contribution >= 0.6 is 27.5 Å². The highest BCUT2D eigenvalue weighted by Crippen LogP contribution is 2.31. The number of benzene rings is 1. The summed E-state index contributed by atoms with van der Waals surface area (Å²) in [7, 11) is 0. The number of rotatable bonds is 2. The van der Waals surface area contributed by atoms with E-state index < -0.39 is 0 Å². The molecule has 1 N–H and O–H groups in total. The Labute approximate surface area is 110 Å². The Morgan fingerprint density at radius 3 is 3.12 bits per heavy atom. The standard InChI is InChI=1S/C12H16BrClN2/c1-2-10-8-15-5-6-16(10)12-7-9(14)3-4-11(12)13/h3-4,7,10,15H,2,5-6,8H2,1H3. The van der Waals surface area contributed by atoms with E-state index in [4.69, 9.17) is 11.6 Å². The van der Waals surface area contributed by atoms with Gasteiger partial charge in [0.05, 0.1) is 5.69 Å². The molecular weight excluding hydrogens is 288 g/mol. The molecule has 16 heavy (non-hydrogen) atoms. The monoisotopic (exact) mass is 302 g/mol. The van der Waals surface area contributed by atoms with Crippen LogP contribution in [0.25, 0.3) is 0 Å². The third-order valence-electron chi connectivity index (χ3n) is 3.04. The summed E-state index contributed by atoms with van der Waals surface area (Å²) in [5.74, 6) is 0. The maximum Gasteiger partial charge on any atom is 0.0528 e. The van der Waals surface area contributed by atoms with Gasteiger partial charge in [-0.25, -0.2) is 0 Å². The lowest BCUT2D eigenvalue weighted by atomic mass is 10.1. The SMILES string of the molecule is CCC1CNCCN1c1cc(Cl)ccc1Br. The zero-order valence-corrected chi connectivity index (χ0v) is 11.7. The van der Waals surface area contributed by atoms with Crippen LogP contribution in [-0.4, -0.2) is 25.7 Å². The fourth-order valence-corrected chi connectivity index (χ4v) is 2.79. The van der Waals surface area contributed by atoms with E-state index in [1.807, 2.05) is 18.2 Å². The van der Waals surface area contributed by atoms with Crippen molar-refractivity contribution >= 4 is 33.2 Å². The summed E-state index contributed by atoms with van der Waals surface area (Å²) in [6.45, 7) is 5.35. The normalized spacial score (nSPS) is 21.2. The van der Waals surface area contributed by atoms with Crippen LogP contribution in [-0.2, 0) is 0 Å². The van der Waals surface area contributed by atoms with E-state index in [-0.39, 0.29) is 0 Å². The molecule has 1 fully saturated rings. The van der Waals surface area contributed by atoms with Gasteiger partial charge in [-0.3, -0.25) is 0 Å². The Morgan fingerprint density at radius 1 is 1.56 bits per heavy atom. The third-order valence-corrected chi connectivity index (χ3v) is 3.94. The molecular formula is C12H16BrClN2. The molecule has 0 spiro atoms. The lowest BCUT2D eigenvalue weighted by molar-refractivity contribution is 0.466. The van der Waals surface area contributed by atoms with Crippen LogP contribution < -0.4 is 10.2 Å². The second kappa shape index (κ2) is 5.39.